The van der Waals surface area contributed by atoms with Crippen LogP contribution in [0.4, 0.5) is 15.7 Å². The highest BCUT2D eigenvalue weighted by Gasteiger charge is 2.14. The topological polar surface area (TPSA) is 77.0 Å². The van der Waals surface area contributed by atoms with Crippen LogP contribution in [0.1, 0.15) is 49.0 Å². The quantitative estimate of drug-likeness (QED) is 0.381. The molecule has 1 aromatic heterocycles. The van der Waals surface area contributed by atoms with Crippen molar-refractivity contribution in [1.82, 2.24) is 0 Å². The van der Waals surface area contributed by atoms with Crippen LogP contribution < -0.4 is 5.73 Å². The second-order valence-corrected chi connectivity index (χ2v) is 6.47. The van der Waals surface area contributed by atoms with E-state index >= 15 is 0 Å². The van der Waals surface area contributed by atoms with Gasteiger partial charge in [-0.3, -0.25) is 0 Å². The maximum Gasteiger partial charge on any atom is 0.341 e. The number of nitrogen functional groups attached to an aromatic ring is 1. The van der Waals surface area contributed by atoms with Crippen LogP contribution in [0.15, 0.2) is 40.6 Å². The van der Waals surface area contributed by atoms with E-state index in [2.05, 4.69) is 29.3 Å². The molecule has 5 nitrogen and oxygen atoms in total. The van der Waals surface area contributed by atoms with E-state index in [9.17, 15) is 4.79 Å². The molecule has 0 radical (unpaired) electrons. The van der Waals surface area contributed by atoms with E-state index in [0.29, 0.717) is 22.2 Å². The number of anilines is 1. The summed E-state index contributed by atoms with van der Waals surface area (Å²) in [6.45, 7) is 4.27. The number of rotatable bonds is 8. The van der Waals surface area contributed by atoms with Crippen LogP contribution in [-0.2, 0) is 11.2 Å². The molecular formula is C18H23N3O2S. The summed E-state index contributed by atoms with van der Waals surface area (Å²) in [4.78, 5) is 11.7. The molecule has 24 heavy (non-hydrogen) atoms. The molecule has 0 saturated carbocycles. The van der Waals surface area contributed by atoms with E-state index in [1.807, 2.05) is 12.1 Å². The Morgan fingerprint density at radius 2 is 1.92 bits per heavy atom. The lowest BCUT2D eigenvalue weighted by atomic mass is 10.1. The van der Waals surface area contributed by atoms with Crippen LogP contribution >= 0.6 is 11.3 Å². The second kappa shape index (κ2) is 9.17. The van der Waals surface area contributed by atoms with Gasteiger partial charge in [0.05, 0.1) is 17.9 Å². The van der Waals surface area contributed by atoms with E-state index < -0.39 is 5.97 Å². The lowest BCUT2D eigenvalue weighted by Crippen LogP contribution is -2.05. The maximum absolute atomic E-state index is 11.7. The van der Waals surface area contributed by atoms with Crippen LogP contribution in [0, 0.1) is 0 Å². The molecule has 1 aromatic carbocycles. The number of thiophene rings is 1. The largest absolute Gasteiger partial charge is 0.462 e. The van der Waals surface area contributed by atoms with Gasteiger partial charge in [0.15, 0.2) is 0 Å². The highest BCUT2D eigenvalue weighted by molar-refractivity contribution is 7.19. The standard InChI is InChI=1S/C18H23N3O2S/c1-3-5-6-7-13-8-10-14(11-9-13)20-21-16-12-15(17(19)24-16)18(22)23-4-2/h8-12H,3-7,19H2,1-2H3. The Morgan fingerprint density at radius 3 is 2.58 bits per heavy atom. The molecule has 0 aliphatic carbocycles. The van der Waals surface area contributed by atoms with Crippen LogP contribution in [-0.4, -0.2) is 12.6 Å². The summed E-state index contributed by atoms with van der Waals surface area (Å²) < 4.78 is 4.95. The second-order valence-electron chi connectivity index (χ2n) is 5.41. The molecule has 0 spiro atoms. The maximum atomic E-state index is 11.7. The smallest absolute Gasteiger partial charge is 0.341 e. The molecule has 2 aromatic rings. The van der Waals surface area contributed by atoms with Crippen LogP contribution in [0.5, 0.6) is 0 Å². The Hall–Kier alpha value is -2.21. The van der Waals surface area contributed by atoms with Crippen molar-refractivity contribution in [3.8, 4) is 0 Å². The zero-order valence-corrected chi connectivity index (χ0v) is 14.9. The molecule has 0 aliphatic heterocycles. The fraction of sp³-hybridized carbons (Fsp3) is 0.389. The van der Waals surface area contributed by atoms with Gasteiger partial charge >= 0.3 is 5.97 Å². The molecule has 0 unspecified atom stereocenters. The number of unbranched alkanes of at least 4 members (excludes halogenated alkanes) is 2. The normalized spacial score (nSPS) is 11.1. The van der Waals surface area contributed by atoms with Gasteiger partial charge in [0.2, 0.25) is 0 Å². The number of benzene rings is 1. The minimum absolute atomic E-state index is 0.315. The average Bonchev–Trinajstić information content (AvgIpc) is 2.95. The van der Waals surface area contributed by atoms with Crippen molar-refractivity contribution < 1.29 is 9.53 Å². The lowest BCUT2D eigenvalue weighted by molar-refractivity contribution is 0.0528. The van der Waals surface area contributed by atoms with E-state index in [1.165, 1.54) is 36.2 Å². The molecule has 0 bridgehead atoms. The molecule has 0 atom stereocenters. The molecule has 0 amide bonds. The number of ether oxygens (including phenoxy) is 1. The predicted molar refractivity (Wildman–Crippen MR) is 98.5 cm³/mol. The number of carbonyl (C=O) groups excluding carboxylic acids is 1. The Morgan fingerprint density at radius 1 is 1.17 bits per heavy atom. The van der Waals surface area contributed by atoms with Gasteiger partial charge in [-0.05, 0) is 43.5 Å². The number of nitrogens with two attached hydrogens (primary N) is 1. The Balaban J connectivity index is 2.00. The number of azo groups is 1. The van der Waals surface area contributed by atoms with Crippen LogP contribution in [0.2, 0.25) is 0 Å². The van der Waals surface area contributed by atoms with Crippen molar-refractivity contribution in [2.75, 3.05) is 12.3 Å². The molecule has 2 N–H and O–H groups in total. The van der Waals surface area contributed by atoms with Gasteiger partial charge < -0.3 is 10.5 Å². The van der Waals surface area contributed by atoms with E-state index in [4.69, 9.17) is 10.5 Å². The van der Waals surface area contributed by atoms with Gasteiger partial charge in [0.1, 0.15) is 10.0 Å². The summed E-state index contributed by atoms with van der Waals surface area (Å²) in [5.74, 6) is -0.427. The first-order valence-electron chi connectivity index (χ1n) is 8.21. The molecular weight excluding hydrogens is 322 g/mol. The number of hydrogen-bond acceptors (Lipinski definition) is 6. The number of carbonyl (C=O) groups is 1. The number of nitrogens with zero attached hydrogens (tertiary/aromatic N) is 2. The lowest BCUT2D eigenvalue weighted by Gasteiger charge is -2.00. The van der Waals surface area contributed by atoms with Crippen molar-refractivity contribution in [3.63, 3.8) is 0 Å². The molecule has 1 heterocycles. The van der Waals surface area contributed by atoms with E-state index in [1.54, 1.807) is 13.0 Å². The third-order valence-electron chi connectivity index (χ3n) is 3.51. The highest BCUT2D eigenvalue weighted by Crippen LogP contribution is 2.33. The minimum Gasteiger partial charge on any atom is -0.462 e. The zero-order valence-electron chi connectivity index (χ0n) is 14.1. The number of aryl methyl sites for hydroxylation is 1. The molecule has 0 aliphatic rings. The van der Waals surface area contributed by atoms with E-state index in [-0.39, 0.29) is 0 Å². The summed E-state index contributed by atoms with van der Waals surface area (Å²) in [5, 5.41) is 9.35. The van der Waals surface area contributed by atoms with Crippen molar-refractivity contribution in [1.29, 1.82) is 0 Å². The molecule has 6 heteroatoms. The Kier molecular flexibility index (Phi) is 6.93. The average molecular weight is 345 g/mol. The molecule has 128 valence electrons. The van der Waals surface area contributed by atoms with E-state index in [0.717, 1.165) is 12.1 Å². The zero-order chi connectivity index (χ0) is 17.4. The molecule has 2 rings (SSSR count). The Labute approximate surface area is 146 Å². The highest BCUT2D eigenvalue weighted by atomic mass is 32.1. The summed E-state index contributed by atoms with van der Waals surface area (Å²) in [6.07, 6.45) is 4.78. The fourth-order valence-corrected chi connectivity index (χ4v) is 2.96. The van der Waals surface area contributed by atoms with Crippen molar-refractivity contribution in [2.45, 2.75) is 39.5 Å². The van der Waals surface area contributed by atoms with Crippen molar-refractivity contribution in [3.05, 3.63) is 41.5 Å². The van der Waals surface area contributed by atoms with Gasteiger partial charge in [-0.15, -0.1) is 10.2 Å². The fourth-order valence-electron chi connectivity index (χ4n) is 2.22. The first-order chi connectivity index (χ1) is 11.6. The third kappa shape index (κ3) is 5.16. The van der Waals surface area contributed by atoms with Crippen molar-refractivity contribution >= 4 is 33.0 Å². The van der Waals surface area contributed by atoms with Gasteiger partial charge in [0, 0.05) is 0 Å². The third-order valence-corrected chi connectivity index (χ3v) is 4.36. The van der Waals surface area contributed by atoms with Gasteiger partial charge in [-0.2, -0.15) is 0 Å². The van der Waals surface area contributed by atoms with Crippen LogP contribution in [0.3, 0.4) is 0 Å². The first-order valence-corrected chi connectivity index (χ1v) is 9.02. The predicted octanol–water partition coefficient (Wildman–Crippen LogP) is 5.66. The summed E-state index contributed by atoms with van der Waals surface area (Å²) in [7, 11) is 0. The van der Waals surface area contributed by atoms with Crippen LogP contribution in [0.25, 0.3) is 0 Å². The first kappa shape index (κ1) is 18.1. The molecule has 0 saturated heterocycles. The SMILES string of the molecule is CCCCCc1ccc(N=Nc2cc(C(=O)OCC)c(N)s2)cc1. The summed E-state index contributed by atoms with van der Waals surface area (Å²) >= 11 is 1.22. The number of esters is 1. The van der Waals surface area contributed by atoms with Crippen molar-refractivity contribution in [2.24, 2.45) is 10.2 Å². The summed E-state index contributed by atoms with van der Waals surface area (Å²) in [5.41, 5.74) is 8.27. The monoisotopic (exact) mass is 345 g/mol. The van der Waals surface area contributed by atoms with Gasteiger partial charge in [-0.25, -0.2) is 4.79 Å². The van der Waals surface area contributed by atoms with Gasteiger partial charge in [-0.1, -0.05) is 43.2 Å². The molecule has 0 fully saturated rings. The Bertz CT molecular complexity index is 693. The summed E-state index contributed by atoms with van der Waals surface area (Å²) in [6, 6.07) is 9.68. The number of hydrogen-bond donors (Lipinski definition) is 1. The van der Waals surface area contributed by atoms with Gasteiger partial charge in [0.25, 0.3) is 0 Å². The minimum atomic E-state index is -0.427.